The largest absolute Gasteiger partial charge is 0.480 e. The fourth-order valence-corrected chi connectivity index (χ4v) is 1.57. The average Bonchev–Trinajstić information content (AvgIpc) is 2.15. The molecule has 13 heavy (non-hydrogen) atoms. The van der Waals surface area contributed by atoms with Gasteiger partial charge in [-0.05, 0) is 31.6 Å². The van der Waals surface area contributed by atoms with Gasteiger partial charge in [0, 0.05) is 13.2 Å². The van der Waals surface area contributed by atoms with Crippen molar-refractivity contribution in [1.29, 1.82) is 0 Å². The molecule has 0 aliphatic carbocycles. The topological polar surface area (TPSA) is 72.5 Å². The molecule has 0 aromatic rings. The summed E-state index contributed by atoms with van der Waals surface area (Å²) >= 11 is 0. The molecule has 4 heteroatoms. The Bertz CT molecular complexity index is 166. The van der Waals surface area contributed by atoms with Crippen molar-refractivity contribution in [3.63, 3.8) is 0 Å². The van der Waals surface area contributed by atoms with Gasteiger partial charge >= 0.3 is 5.97 Å². The minimum atomic E-state index is -0.896. The van der Waals surface area contributed by atoms with Crippen LogP contribution in [0, 0.1) is 5.92 Å². The van der Waals surface area contributed by atoms with E-state index >= 15 is 0 Å². The number of hydrogen-bond acceptors (Lipinski definition) is 3. The minimum Gasteiger partial charge on any atom is -0.480 e. The van der Waals surface area contributed by atoms with Crippen LogP contribution in [0.1, 0.15) is 25.7 Å². The predicted molar refractivity (Wildman–Crippen MR) is 48.4 cm³/mol. The van der Waals surface area contributed by atoms with E-state index in [0.29, 0.717) is 12.3 Å². The van der Waals surface area contributed by atoms with E-state index in [9.17, 15) is 4.79 Å². The number of carboxylic acid groups (broad SMARTS) is 1. The molecule has 76 valence electrons. The summed E-state index contributed by atoms with van der Waals surface area (Å²) in [6.45, 7) is 1.62. The van der Waals surface area contributed by atoms with E-state index in [-0.39, 0.29) is 0 Å². The van der Waals surface area contributed by atoms with Crippen LogP contribution in [-0.4, -0.2) is 30.3 Å². The van der Waals surface area contributed by atoms with Gasteiger partial charge in [0.25, 0.3) is 0 Å². The van der Waals surface area contributed by atoms with Crippen molar-refractivity contribution in [2.45, 2.75) is 31.7 Å². The van der Waals surface area contributed by atoms with Gasteiger partial charge in [-0.15, -0.1) is 0 Å². The molecule has 1 saturated heterocycles. The monoisotopic (exact) mass is 187 g/mol. The maximum atomic E-state index is 10.4. The molecule has 0 aromatic heterocycles. The Kier molecular flexibility index (Phi) is 4.18. The second kappa shape index (κ2) is 5.19. The number of carbonyl (C=O) groups is 1. The first kappa shape index (κ1) is 10.5. The number of rotatable bonds is 4. The lowest BCUT2D eigenvalue weighted by Crippen LogP contribution is -2.31. The minimum absolute atomic E-state index is 0.583. The Hall–Kier alpha value is -0.610. The summed E-state index contributed by atoms with van der Waals surface area (Å²) in [6.07, 6.45) is 3.59. The Balaban J connectivity index is 2.13. The van der Waals surface area contributed by atoms with Crippen LogP contribution in [0.4, 0.5) is 0 Å². The fourth-order valence-electron chi connectivity index (χ4n) is 1.57. The summed E-state index contributed by atoms with van der Waals surface area (Å²) in [4.78, 5) is 10.4. The van der Waals surface area contributed by atoms with E-state index in [4.69, 9.17) is 15.6 Å². The van der Waals surface area contributed by atoms with Crippen LogP contribution in [0.5, 0.6) is 0 Å². The highest BCUT2D eigenvalue weighted by molar-refractivity contribution is 5.72. The first-order valence-corrected chi connectivity index (χ1v) is 4.76. The molecule has 1 aliphatic rings. The van der Waals surface area contributed by atoms with Crippen molar-refractivity contribution in [3.8, 4) is 0 Å². The highest BCUT2D eigenvalue weighted by atomic mass is 16.5. The van der Waals surface area contributed by atoms with Crippen molar-refractivity contribution in [3.05, 3.63) is 0 Å². The van der Waals surface area contributed by atoms with Gasteiger partial charge in [0.1, 0.15) is 6.04 Å². The van der Waals surface area contributed by atoms with E-state index < -0.39 is 12.0 Å². The number of ether oxygens (including phenoxy) is 1. The van der Waals surface area contributed by atoms with Gasteiger partial charge < -0.3 is 15.6 Å². The van der Waals surface area contributed by atoms with Crippen LogP contribution in [0.3, 0.4) is 0 Å². The molecule has 4 nitrogen and oxygen atoms in total. The van der Waals surface area contributed by atoms with Crippen molar-refractivity contribution in [2.75, 3.05) is 13.2 Å². The molecule has 0 radical (unpaired) electrons. The summed E-state index contributed by atoms with van der Waals surface area (Å²) in [5, 5.41) is 8.56. The fraction of sp³-hybridized carbons (Fsp3) is 0.889. The average molecular weight is 187 g/mol. The molecule has 1 aliphatic heterocycles. The molecule has 0 unspecified atom stereocenters. The summed E-state index contributed by atoms with van der Waals surface area (Å²) in [6, 6.07) is -0.692. The van der Waals surface area contributed by atoms with Gasteiger partial charge in [-0.3, -0.25) is 4.79 Å². The standard InChI is InChI=1S/C9H17NO3/c10-8(9(11)12)2-1-7-3-5-13-6-4-7/h7-8H,1-6,10H2,(H,11,12)/t8-/m0/s1. The van der Waals surface area contributed by atoms with Crippen molar-refractivity contribution in [1.82, 2.24) is 0 Å². The number of hydrogen-bond donors (Lipinski definition) is 2. The lowest BCUT2D eigenvalue weighted by Gasteiger charge is -2.22. The van der Waals surface area contributed by atoms with Crippen molar-refractivity contribution in [2.24, 2.45) is 11.7 Å². The van der Waals surface area contributed by atoms with Gasteiger partial charge in [-0.1, -0.05) is 0 Å². The summed E-state index contributed by atoms with van der Waals surface area (Å²) in [5.41, 5.74) is 5.40. The molecule has 1 rings (SSSR count). The zero-order valence-corrected chi connectivity index (χ0v) is 7.74. The molecule has 0 aromatic carbocycles. The third kappa shape index (κ3) is 3.74. The van der Waals surface area contributed by atoms with Gasteiger partial charge in [0.05, 0.1) is 0 Å². The van der Waals surface area contributed by atoms with E-state index in [1.807, 2.05) is 0 Å². The lowest BCUT2D eigenvalue weighted by atomic mass is 9.93. The van der Waals surface area contributed by atoms with Gasteiger partial charge in [0.2, 0.25) is 0 Å². The normalized spacial score (nSPS) is 21.3. The number of carboxylic acids is 1. The van der Waals surface area contributed by atoms with Crippen LogP contribution >= 0.6 is 0 Å². The number of aliphatic carboxylic acids is 1. The highest BCUT2D eigenvalue weighted by Gasteiger charge is 2.17. The third-order valence-electron chi connectivity index (χ3n) is 2.54. The molecule has 0 saturated carbocycles. The summed E-state index contributed by atoms with van der Waals surface area (Å²) in [5.74, 6) is -0.286. The first-order valence-electron chi connectivity index (χ1n) is 4.76. The maximum absolute atomic E-state index is 10.4. The molecule has 1 heterocycles. The molecule has 0 spiro atoms. The van der Waals surface area contributed by atoms with Crippen LogP contribution < -0.4 is 5.73 Å². The maximum Gasteiger partial charge on any atom is 0.320 e. The van der Waals surface area contributed by atoms with Crippen LogP contribution in [-0.2, 0) is 9.53 Å². The van der Waals surface area contributed by atoms with Crippen LogP contribution in [0.25, 0.3) is 0 Å². The highest BCUT2D eigenvalue weighted by Crippen LogP contribution is 2.20. The predicted octanol–water partition coefficient (Wildman–Crippen LogP) is 0.605. The van der Waals surface area contributed by atoms with Gasteiger partial charge in [-0.25, -0.2) is 0 Å². The van der Waals surface area contributed by atoms with Crippen LogP contribution in [0.15, 0.2) is 0 Å². The smallest absolute Gasteiger partial charge is 0.320 e. The van der Waals surface area contributed by atoms with Gasteiger partial charge in [-0.2, -0.15) is 0 Å². The lowest BCUT2D eigenvalue weighted by molar-refractivity contribution is -0.138. The second-order valence-corrected chi connectivity index (χ2v) is 3.58. The van der Waals surface area contributed by atoms with Gasteiger partial charge in [0.15, 0.2) is 0 Å². The summed E-state index contributed by atoms with van der Waals surface area (Å²) < 4.78 is 5.21. The molecular weight excluding hydrogens is 170 g/mol. The van der Waals surface area contributed by atoms with Crippen molar-refractivity contribution >= 4 is 5.97 Å². The van der Waals surface area contributed by atoms with E-state index in [1.165, 1.54) is 0 Å². The second-order valence-electron chi connectivity index (χ2n) is 3.58. The first-order chi connectivity index (χ1) is 6.20. The van der Waals surface area contributed by atoms with Crippen LogP contribution in [0.2, 0.25) is 0 Å². The van der Waals surface area contributed by atoms with E-state index in [2.05, 4.69) is 0 Å². The van der Waals surface area contributed by atoms with E-state index in [0.717, 1.165) is 32.5 Å². The summed E-state index contributed by atoms with van der Waals surface area (Å²) in [7, 11) is 0. The SMILES string of the molecule is N[C@@H](CCC1CCOCC1)C(=O)O. The third-order valence-corrected chi connectivity index (χ3v) is 2.54. The Morgan fingerprint density at radius 1 is 1.54 bits per heavy atom. The quantitative estimate of drug-likeness (QED) is 0.676. The molecular formula is C9H17NO3. The van der Waals surface area contributed by atoms with E-state index in [1.54, 1.807) is 0 Å². The molecule has 1 fully saturated rings. The molecule has 0 amide bonds. The number of nitrogens with two attached hydrogens (primary N) is 1. The Labute approximate surface area is 78.1 Å². The Morgan fingerprint density at radius 3 is 2.69 bits per heavy atom. The molecule has 3 N–H and O–H groups in total. The Morgan fingerprint density at radius 2 is 2.15 bits per heavy atom. The zero-order chi connectivity index (χ0) is 9.68. The molecule has 0 bridgehead atoms. The molecule has 1 atom stereocenters. The van der Waals surface area contributed by atoms with Crippen molar-refractivity contribution < 1.29 is 14.6 Å². The zero-order valence-electron chi connectivity index (χ0n) is 7.74.